The Balaban J connectivity index is 2.01. The molecule has 1 aromatic heterocycles. The van der Waals surface area contributed by atoms with Crippen LogP contribution in [0.3, 0.4) is 0 Å². The van der Waals surface area contributed by atoms with Gasteiger partial charge >= 0.3 is 0 Å². The molecule has 1 fully saturated rings. The summed E-state index contributed by atoms with van der Waals surface area (Å²) in [5.41, 5.74) is 4.95. The number of rotatable bonds is 3. The number of benzene rings is 1. The zero-order valence-electron chi connectivity index (χ0n) is 13.6. The van der Waals surface area contributed by atoms with Crippen LogP contribution in [0.1, 0.15) is 11.1 Å². The van der Waals surface area contributed by atoms with Gasteiger partial charge in [0.1, 0.15) is 11.9 Å². The highest BCUT2D eigenvalue weighted by Crippen LogP contribution is 2.29. The first-order valence-electron chi connectivity index (χ1n) is 7.87. The van der Waals surface area contributed by atoms with Crippen molar-refractivity contribution in [3.05, 3.63) is 41.6 Å². The van der Waals surface area contributed by atoms with Crippen molar-refractivity contribution in [2.45, 2.75) is 6.92 Å². The lowest BCUT2D eigenvalue weighted by Gasteiger charge is -2.29. The SMILES string of the molecule is CNc1ccc(C)c(-c2cnc(N3CCNCC3)c(C#N)c2)c1. The Morgan fingerprint density at radius 3 is 2.74 bits per heavy atom. The van der Waals surface area contributed by atoms with Crippen LogP contribution in [-0.2, 0) is 0 Å². The van der Waals surface area contributed by atoms with Gasteiger partial charge in [-0.1, -0.05) is 6.07 Å². The molecule has 1 aliphatic heterocycles. The van der Waals surface area contributed by atoms with Gasteiger partial charge in [0, 0.05) is 50.7 Å². The second-order valence-electron chi connectivity index (χ2n) is 5.72. The number of nitrogens with zero attached hydrogens (tertiary/aromatic N) is 3. The second-order valence-corrected chi connectivity index (χ2v) is 5.72. The summed E-state index contributed by atoms with van der Waals surface area (Å²) in [6.07, 6.45) is 1.87. The van der Waals surface area contributed by atoms with Crippen molar-refractivity contribution >= 4 is 11.5 Å². The van der Waals surface area contributed by atoms with E-state index >= 15 is 0 Å². The van der Waals surface area contributed by atoms with Crippen molar-refractivity contribution in [3.8, 4) is 17.2 Å². The summed E-state index contributed by atoms with van der Waals surface area (Å²) in [5, 5.41) is 16.0. The molecule has 0 amide bonds. The third-order valence-electron chi connectivity index (χ3n) is 4.24. The summed E-state index contributed by atoms with van der Waals surface area (Å²) in [7, 11) is 1.90. The van der Waals surface area contributed by atoms with Crippen molar-refractivity contribution in [1.82, 2.24) is 10.3 Å². The number of pyridine rings is 1. The van der Waals surface area contributed by atoms with Gasteiger partial charge in [0.05, 0.1) is 5.56 Å². The number of piperazine rings is 1. The Labute approximate surface area is 137 Å². The van der Waals surface area contributed by atoms with Crippen molar-refractivity contribution in [2.24, 2.45) is 0 Å². The summed E-state index contributed by atoms with van der Waals surface area (Å²) >= 11 is 0. The molecule has 2 heterocycles. The molecule has 0 unspecified atom stereocenters. The van der Waals surface area contributed by atoms with Crippen LogP contribution in [0.2, 0.25) is 0 Å². The molecule has 1 aromatic carbocycles. The molecule has 23 heavy (non-hydrogen) atoms. The van der Waals surface area contributed by atoms with Crippen LogP contribution in [0, 0.1) is 18.3 Å². The molecule has 1 saturated heterocycles. The van der Waals surface area contributed by atoms with Crippen LogP contribution >= 0.6 is 0 Å². The van der Waals surface area contributed by atoms with Gasteiger partial charge in [0.2, 0.25) is 0 Å². The number of anilines is 2. The Morgan fingerprint density at radius 2 is 2.04 bits per heavy atom. The topological polar surface area (TPSA) is 64.0 Å². The van der Waals surface area contributed by atoms with Crippen molar-refractivity contribution in [2.75, 3.05) is 43.4 Å². The summed E-state index contributed by atoms with van der Waals surface area (Å²) in [5.74, 6) is 0.792. The maximum absolute atomic E-state index is 9.55. The predicted octanol–water partition coefficient (Wildman–Crippen LogP) is 2.38. The highest BCUT2D eigenvalue weighted by Gasteiger charge is 2.17. The Hall–Kier alpha value is -2.58. The van der Waals surface area contributed by atoms with Crippen LogP contribution < -0.4 is 15.5 Å². The fourth-order valence-electron chi connectivity index (χ4n) is 2.90. The maximum Gasteiger partial charge on any atom is 0.146 e. The van der Waals surface area contributed by atoms with Crippen molar-refractivity contribution < 1.29 is 0 Å². The minimum absolute atomic E-state index is 0.638. The third-order valence-corrected chi connectivity index (χ3v) is 4.24. The zero-order chi connectivity index (χ0) is 16.2. The fourth-order valence-corrected chi connectivity index (χ4v) is 2.90. The van der Waals surface area contributed by atoms with E-state index in [4.69, 9.17) is 0 Å². The summed E-state index contributed by atoms with van der Waals surface area (Å²) in [4.78, 5) is 6.78. The van der Waals surface area contributed by atoms with E-state index in [0.717, 1.165) is 48.8 Å². The molecular formula is C18H21N5. The molecule has 3 rings (SSSR count). The molecule has 2 aromatic rings. The summed E-state index contributed by atoms with van der Waals surface area (Å²) < 4.78 is 0. The molecule has 0 atom stereocenters. The van der Waals surface area contributed by atoms with Gasteiger partial charge in [-0.05, 0) is 36.2 Å². The monoisotopic (exact) mass is 307 g/mol. The highest BCUT2D eigenvalue weighted by molar-refractivity contribution is 5.74. The molecule has 118 valence electrons. The van der Waals surface area contributed by atoms with Crippen LogP contribution in [0.15, 0.2) is 30.5 Å². The molecule has 0 aliphatic carbocycles. The van der Waals surface area contributed by atoms with Gasteiger partial charge < -0.3 is 15.5 Å². The third kappa shape index (κ3) is 3.13. The van der Waals surface area contributed by atoms with Crippen LogP contribution in [0.5, 0.6) is 0 Å². The molecule has 5 heteroatoms. The van der Waals surface area contributed by atoms with E-state index in [-0.39, 0.29) is 0 Å². The minimum Gasteiger partial charge on any atom is -0.388 e. The molecule has 0 saturated carbocycles. The number of hydrogen-bond acceptors (Lipinski definition) is 5. The van der Waals surface area contributed by atoms with Gasteiger partial charge in [0.15, 0.2) is 0 Å². The van der Waals surface area contributed by atoms with E-state index in [1.807, 2.05) is 25.4 Å². The lowest BCUT2D eigenvalue weighted by atomic mass is 10.00. The normalized spacial score (nSPS) is 14.4. The first-order chi connectivity index (χ1) is 11.2. The zero-order valence-corrected chi connectivity index (χ0v) is 13.6. The minimum atomic E-state index is 0.638. The van der Waals surface area contributed by atoms with E-state index < -0.39 is 0 Å². The lowest BCUT2D eigenvalue weighted by molar-refractivity contribution is 0.584. The molecule has 0 radical (unpaired) electrons. The average Bonchev–Trinajstić information content (AvgIpc) is 2.62. The lowest BCUT2D eigenvalue weighted by Crippen LogP contribution is -2.44. The number of aryl methyl sites for hydroxylation is 1. The van der Waals surface area contributed by atoms with Crippen molar-refractivity contribution in [3.63, 3.8) is 0 Å². The number of hydrogen-bond donors (Lipinski definition) is 2. The van der Waals surface area contributed by atoms with Gasteiger partial charge in [-0.25, -0.2) is 4.98 Å². The molecule has 2 N–H and O–H groups in total. The van der Waals surface area contributed by atoms with Crippen molar-refractivity contribution in [1.29, 1.82) is 5.26 Å². The molecule has 0 bridgehead atoms. The Morgan fingerprint density at radius 1 is 1.26 bits per heavy atom. The average molecular weight is 307 g/mol. The first-order valence-corrected chi connectivity index (χ1v) is 7.87. The van der Waals surface area contributed by atoms with Gasteiger partial charge in [-0.3, -0.25) is 0 Å². The van der Waals surface area contributed by atoms with E-state index in [1.54, 1.807) is 0 Å². The van der Waals surface area contributed by atoms with Crippen LogP contribution in [0.4, 0.5) is 11.5 Å². The highest BCUT2D eigenvalue weighted by atomic mass is 15.2. The van der Waals surface area contributed by atoms with E-state index in [1.165, 1.54) is 5.56 Å². The number of nitriles is 1. The van der Waals surface area contributed by atoms with Crippen LogP contribution in [-0.4, -0.2) is 38.2 Å². The number of aromatic nitrogens is 1. The first kappa shape index (κ1) is 15.3. The predicted molar refractivity (Wildman–Crippen MR) is 93.8 cm³/mol. The standard InChI is InChI=1S/C18H21N5/c1-13-3-4-16(20-2)10-17(13)15-9-14(11-19)18(22-12-15)23-7-5-21-6-8-23/h3-4,9-10,12,20-21H,5-8H2,1-2H3. The largest absolute Gasteiger partial charge is 0.388 e. The fraction of sp³-hybridized carbons (Fsp3) is 0.333. The molecular weight excluding hydrogens is 286 g/mol. The van der Waals surface area contributed by atoms with Gasteiger partial charge in [0.25, 0.3) is 0 Å². The molecule has 5 nitrogen and oxygen atoms in total. The maximum atomic E-state index is 9.55. The summed E-state index contributed by atoms with van der Waals surface area (Å²) in [6.45, 7) is 5.70. The summed E-state index contributed by atoms with van der Waals surface area (Å²) in [6, 6.07) is 10.5. The van der Waals surface area contributed by atoms with Gasteiger partial charge in [-0.2, -0.15) is 5.26 Å². The van der Waals surface area contributed by atoms with E-state index in [2.05, 4.69) is 45.6 Å². The van der Waals surface area contributed by atoms with Gasteiger partial charge in [-0.15, -0.1) is 0 Å². The van der Waals surface area contributed by atoms with E-state index in [9.17, 15) is 5.26 Å². The second kappa shape index (κ2) is 6.67. The quantitative estimate of drug-likeness (QED) is 0.911. The smallest absolute Gasteiger partial charge is 0.146 e. The Bertz CT molecular complexity index is 742. The van der Waals surface area contributed by atoms with E-state index in [0.29, 0.717) is 5.56 Å². The Kier molecular flexibility index (Phi) is 4.45. The molecule has 1 aliphatic rings. The number of nitrogens with one attached hydrogen (secondary N) is 2. The van der Waals surface area contributed by atoms with Crippen LogP contribution in [0.25, 0.3) is 11.1 Å². The molecule has 0 spiro atoms.